The zero-order valence-electron chi connectivity index (χ0n) is 21.3. The molecule has 0 saturated carbocycles. The Hall–Kier alpha value is -3.12. The van der Waals surface area contributed by atoms with Crippen molar-refractivity contribution in [1.82, 2.24) is 24.8 Å². The van der Waals surface area contributed by atoms with Crippen LogP contribution in [0.3, 0.4) is 0 Å². The van der Waals surface area contributed by atoms with Gasteiger partial charge < -0.3 is 24.4 Å². The van der Waals surface area contributed by atoms with Crippen LogP contribution in [0.2, 0.25) is 0 Å². The van der Waals surface area contributed by atoms with Gasteiger partial charge in [-0.2, -0.15) is 0 Å². The molecule has 4 rings (SSSR count). The van der Waals surface area contributed by atoms with E-state index in [0.717, 1.165) is 10.6 Å². The third kappa shape index (κ3) is 5.04. The van der Waals surface area contributed by atoms with Crippen LogP contribution in [0, 0.1) is 11.8 Å². The molecule has 1 aromatic heterocycles. The number of ether oxygens (including phenoxy) is 2. The second-order valence-electron chi connectivity index (χ2n) is 9.55. The Bertz CT molecular complexity index is 1120. The first-order valence-electron chi connectivity index (χ1n) is 12.3. The molecule has 0 aliphatic carbocycles. The van der Waals surface area contributed by atoms with Gasteiger partial charge in [-0.1, -0.05) is 37.4 Å². The van der Waals surface area contributed by atoms with E-state index < -0.39 is 24.1 Å². The molecule has 200 valence electrons. The molecule has 3 aliphatic rings. The summed E-state index contributed by atoms with van der Waals surface area (Å²) >= 11 is 1.49. The standard InChI is InChI=1S/C25H33N5O6S/c1-6-8-35-24(33)21-22(14(3)20-19(15(4)31)23(32)30(20)21)37-18-11-16(10-17-12-26-27-28(17)5)29(13-18)25(34)36-9-7-2/h6-7,12,14-16,18-20,31H,1-2,8-11,13H2,3-5H3/t14-,15-,16-,18+,19-,20-/m1/s1. The van der Waals surface area contributed by atoms with E-state index in [1.807, 2.05) is 6.92 Å². The van der Waals surface area contributed by atoms with Gasteiger partial charge in [-0.15, -0.1) is 16.9 Å². The molecule has 12 heteroatoms. The molecule has 6 atom stereocenters. The maximum Gasteiger partial charge on any atom is 0.410 e. The van der Waals surface area contributed by atoms with E-state index in [1.54, 1.807) is 29.7 Å². The van der Waals surface area contributed by atoms with Crippen molar-refractivity contribution in [2.45, 2.75) is 50.1 Å². The number of esters is 1. The third-order valence-corrected chi connectivity index (χ3v) is 8.61. The predicted octanol–water partition coefficient (Wildman–Crippen LogP) is 1.65. The summed E-state index contributed by atoms with van der Waals surface area (Å²) in [4.78, 5) is 42.7. The topological polar surface area (TPSA) is 127 Å². The lowest BCUT2D eigenvalue weighted by molar-refractivity contribution is -0.164. The molecule has 1 aromatic rings. The van der Waals surface area contributed by atoms with Gasteiger partial charge in [-0.3, -0.25) is 9.48 Å². The summed E-state index contributed by atoms with van der Waals surface area (Å²) in [5.74, 6) is -1.62. The molecule has 2 amide bonds. The van der Waals surface area contributed by atoms with Gasteiger partial charge in [0.05, 0.1) is 30.0 Å². The van der Waals surface area contributed by atoms with Gasteiger partial charge in [0, 0.05) is 42.1 Å². The summed E-state index contributed by atoms with van der Waals surface area (Å²) in [6, 6.07) is -0.475. The summed E-state index contributed by atoms with van der Waals surface area (Å²) < 4.78 is 12.3. The van der Waals surface area contributed by atoms with Crippen molar-refractivity contribution in [2.75, 3.05) is 19.8 Å². The highest BCUT2D eigenvalue weighted by Gasteiger charge is 2.60. The van der Waals surface area contributed by atoms with E-state index in [0.29, 0.717) is 19.4 Å². The van der Waals surface area contributed by atoms with Gasteiger partial charge in [0.1, 0.15) is 18.9 Å². The summed E-state index contributed by atoms with van der Waals surface area (Å²) in [5.41, 5.74) is 1.11. The van der Waals surface area contributed by atoms with Crippen LogP contribution in [0.1, 0.15) is 26.0 Å². The summed E-state index contributed by atoms with van der Waals surface area (Å²) in [5, 5.41) is 18.1. The molecule has 11 nitrogen and oxygen atoms in total. The molecule has 2 fully saturated rings. The monoisotopic (exact) mass is 531 g/mol. The number of fused-ring (bicyclic) bond motifs is 1. The fraction of sp³-hybridized carbons (Fsp3) is 0.560. The number of amides is 2. The minimum Gasteiger partial charge on any atom is -0.457 e. The van der Waals surface area contributed by atoms with E-state index in [9.17, 15) is 19.5 Å². The number of hydrogen-bond acceptors (Lipinski definition) is 9. The van der Waals surface area contributed by atoms with Crippen molar-refractivity contribution >= 4 is 29.7 Å². The number of aryl methyl sites for hydroxylation is 1. The Kier molecular flexibility index (Phi) is 8.08. The second-order valence-corrected chi connectivity index (χ2v) is 10.9. The largest absolute Gasteiger partial charge is 0.457 e. The van der Waals surface area contributed by atoms with Crippen LogP contribution in [0.15, 0.2) is 42.1 Å². The molecular weight excluding hydrogens is 498 g/mol. The van der Waals surface area contributed by atoms with Crippen molar-refractivity contribution in [1.29, 1.82) is 0 Å². The Labute approximate surface area is 220 Å². The number of thioether (sulfide) groups is 1. The molecule has 0 spiro atoms. The Morgan fingerprint density at radius 1 is 1.30 bits per heavy atom. The Morgan fingerprint density at radius 2 is 2.00 bits per heavy atom. The van der Waals surface area contributed by atoms with Crippen LogP contribution in [-0.4, -0.2) is 91.1 Å². The smallest absolute Gasteiger partial charge is 0.410 e. The van der Waals surface area contributed by atoms with Crippen molar-refractivity contribution in [3.8, 4) is 0 Å². The number of aliphatic hydroxyl groups is 1. The number of β-lactam (4-membered cyclic amide) rings is 1. The van der Waals surface area contributed by atoms with Gasteiger partial charge in [-0.25, -0.2) is 9.59 Å². The van der Waals surface area contributed by atoms with Gasteiger partial charge in [0.25, 0.3) is 0 Å². The summed E-state index contributed by atoms with van der Waals surface area (Å²) in [6.07, 6.45) is 4.59. The number of rotatable bonds is 10. The molecule has 2 saturated heterocycles. The van der Waals surface area contributed by atoms with Gasteiger partial charge in [0.2, 0.25) is 5.91 Å². The average molecular weight is 532 g/mol. The molecule has 37 heavy (non-hydrogen) atoms. The molecule has 4 heterocycles. The van der Waals surface area contributed by atoms with Crippen molar-refractivity contribution in [3.63, 3.8) is 0 Å². The van der Waals surface area contributed by atoms with Crippen LogP contribution >= 0.6 is 11.8 Å². The van der Waals surface area contributed by atoms with Crippen LogP contribution in [-0.2, 0) is 32.5 Å². The van der Waals surface area contributed by atoms with Gasteiger partial charge >= 0.3 is 12.1 Å². The lowest BCUT2D eigenvalue weighted by Crippen LogP contribution is -2.63. The number of likely N-dealkylation sites (tertiary alicyclic amines) is 1. The van der Waals surface area contributed by atoms with E-state index >= 15 is 0 Å². The predicted molar refractivity (Wildman–Crippen MR) is 136 cm³/mol. The zero-order chi connectivity index (χ0) is 26.9. The molecule has 0 radical (unpaired) electrons. The van der Waals surface area contributed by atoms with Crippen LogP contribution in [0.25, 0.3) is 0 Å². The van der Waals surface area contributed by atoms with Crippen LogP contribution < -0.4 is 0 Å². The van der Waals surface area contributed by atoms with Crippen molar-refractivity contribution in [3.05, 3.63) is 47.8 Å². The lowest BCUT2D eigenvalue weighted by atomic mass is 9.79. The molecule has 1 N–H and O–H groups in total. The first-order chi connectivity index (χ1) is 17.7. The van der Waals surface area contributed by atoms with E-state index in [-0.39, 0.29) is 48.1 Å². The first-order valence-corrected chi connectivity index (χ1v) is 13.1. The number of aliphatic hydroxyl groups excluding tert-OH is 1. The highest BCUT2D eigenvalue weighted by atomic mass is 32.2. The average Bonchev–Trinajstić information content (AvgIpc) is 3.52. The highest BCUT2D eigenvalue weighted by molar-refractivity contribution is 8.03. The van der Waals surface area contributed by atoms with Crippen molar-refractivity contribution in [2.24, 2.45) is 18.9 Å². The summed E-state index contributed by atoms with van der Waals surface area (Å²) in [6.45, 7) is 11.3. The highest BCUT2D eigenvalue weighted by Crippen LogP contribution is 2.52. The Balaban J connectivity index is 1.59. The molecule has 0 unspecified atom stereocenters. The lowest BCUT2D eigenvalue weighted by Gasteiger charge is -2.46. The molecular formula is C25H33N5O6S. The van der Waals surface area contributed by atoms with Crippen LogP contribution in [0.5, 0.6) is 0 Å². The van der Waals surface area contributed by atoms with Crippen LogP contribution in [0.4, 0.5) is 4.79 Å². The normalized spacial score (nSPS) is 27.6. The maximum atomic E-state index is 13.0. The minimum atomic E-state index is -0.829. The number of hydrogen-bond donors (Lipinski definition) is 1. The second kappa shape index (κ2) is 11.1. The SMILES string of the molecule is C=CCOC(=O)C1=C(S[C@H]2C[C@@H](Cc3cnnn3C)N(C(=O)OCC=C)C2)[C@H](C)[C@@H]2[C@@H]([C@@H](C)O)C(=O)N12. The number of nitrogens with zero attached hydrogens (tertiary/aromatic N) is 5. The molecule has 0 bridgehead atoms. The summed E-state index contributed by atoms with van der Waals surface area (Å²) in [7, 11) is 1.80. The van der Waals surface area contributed by atoms with E-state index in [2.05, 4.69) is 23.5 Å². The van der Waals surface area contributed by atoms with E-state index in [4.69, 9.17) is 9.47 Å². The van der Waals surface area contributed by atoms with Crippen molar-refractivity contribution < 1.29 is 29.0 Å². The number of carbonyl (C=O) groups excluding carboxylic acids is 3. The minimum absolute atomic E-state index is 0.0222. The fourth-order valence-corrected chi connectivity index (χ4v) is 6.94. The first kappa shape index (κ1) is 26.9. The zero-order valence-corrected chi connectivity index (χ0v) is 22.1. The van der Waals surface area contributed by atoms with Gasteiger partial charge in [-0.05, 0) is 13.3 Å². The third-order valence-electron chi connectivity index (χ3n) is 7.12. The Morgan fingerprint density at radius 3 is 2.62 bits per heavy atom. The number of aromatic nitrogens is 3. The number of carbonyl (C=O) groups is 3. The molecule has 3 aliphatic heterocycles. The van der Waals surface area contributed by atoms with E-state index in [1.165, 1.54) is 28.8 Å². The quantitative estimate of drug-likeness (QED) is 0.272. The van der Waals surface area contributed by atoms with Gasteiger partial charge in [0.15, 0.2) is 0 Å². The fourth-order valence-electron chi connectivity index (χ4n) is 5.38. The molecule has 0 aromatic carbocycles. The maximum absolute atomic E-state index is 13.0.